The number of piperidine rings is 1. The second-order valence-electron chi connectivity index (χ2n) is 6.24. The zero-order valence-corrected chi connectivity index (χ0v) is 13.8. The molecule has 0 bridgehead atoms. The van der Waals surface area contributed by atoms with Gasteiger partial charge in [0.25, 0.3) is 0 Å². The number of amides is 1. The van der Waals surface area contributed by atoms with Gasteiger partial charge < -0.3 is 14.2 Å². The van der Waals surface area contributed by atoms with Crippen LogP contribution in [0.4, 0.5) is 4.39 Å². The fraction of sp³-hybridized carbons (Fsp3) is 0.444. The maximum atomic E-state index is 12.9. The molecule has 0 N–H and O–H groups in total. The van der Waals surface area contributed by atoms with Crippen LogP contribution in [0.3, 0.4) is 0 Å². The average molecular weight is 331 g/mol. The van der Waals surface area contributed by atoms with Crippen molar-refractivity contribution in [2.24, 2.45) is 5.92 Å². The number of hydrogen-bond donors (Lipinski definition) is 0. The van der Waals surface area contributed by atoms with Crippen LogP contribution in [0.5, 0.6) is 5.75 Å². The summed E-state index contributed by atoms with van der Waals surface area (Å²) < 4.78 is 20.5. The molecule has 2 atom stereocenters. The van der Waals surface area contributed by atoms with Crippen LogP contribution in [0.1, 0.15) is 25.8 Å². The summed E-state index contributed by atoms with van der Waals surface area (Å²) in [5.74, 6) is 0.791. The van der Waals surface area contributed by atoms with Gasteiger partial charge in [0.2, 0.25) is 5.91 Å². The topological polar surface area (TPSA) is 47.4 Å². The SMILES string of the molecule is C[C@H](C(=O)N1CCC[C@@H](COc2ccc(F)cc2)C1)n1ccnc1. The molecule has 1 aromatic heterocycles. The van der Waals surface area contributed by atoms with E-state index in [1.165, 1.54) is 12.1 Å². The Kier molecular flexibility index (Phi) is 5.13. The van der Waals surface area contributed by atoms with Crippen molar-refractivity contribution in [2.45, 2.75) is 25.8 Å². The number of imidazole rings is 1. The van der Waals surface area contributed by atoms with Crippen LogP contribution in [0, 0.1) is 11.7 Å². The van der Waals surface area contributed by atoms with E-state index in [1.807, 2.05) is 22.6 Å². The molecule has 2 heterocycles. The predicted molar refractivity (Wildman–Crippen MR) is 88.1 cm³/mol. The van der Waals surface area contributed by atoms with Gasteiger partial charge in [-0.3, -0.25) is 4.79 Å². The van der Waals surface area contributed by atoms with E-state index >= 15 is 0 Å². The summed E-state index contributed by atoms with van der Waals surface area (Å²) in [6, 6.07) is 5.78. The first-order chi connectivity index (χ1) is 11.6. The summed E-state index contributed by atoms with van der Waals surface area (Å²) in [7, 11) is 0. The molecule has 1 fully saturated rings. The summed E-state index contributed by atoms with van der Waals surface area (Å²) in [4.78, 5) is 18.6. The maximum Gasteiger partial charge on any atom is 0.245 e. The van der Waals surface area contributed by atoms with Crippen molar-refractivity contribution >= 4 is 5.91 Å². The fourth-order valence-corrected chi connectivity index (χ4v) is 3.04. The van der Waals surface area contributed by atoms with E-state index < -0.39 is 0 Å². The Labute approximate surface area is 141 Å². The van der Waals surface area contributed by atoms with Crippen molar-refractivity contribution < 1.29 is 13.9 Å². The number of likely N-dealkylation sites (tertiary alicyclic amines) is 1. The molecule has 0 radical (unpaired) electrons. The number of aromatic nitrogens is 2. The number of nitrogens with zero attached hydrogens (tertiary/aromatic N) is 3. The molecule has 1 aliphatic heterocycles. The summed E-state index contributed by atoms with van der Waals surface area (Å²) in [5.41, 5.74) is 0. The number of ether oxygens (including phenoxy) is 1. The van der Waals surface area contributed by atoms with Crippen molar-refractivity contribution in [3.05, 3.63) is 48.8 Å². The minimum absolute atomic E-state index is 0.111. The van der Waals surface area contributed by atoms with Crippen molar-refractivity contribution in [3.8, 4) is 5.75 Å². The van der Waals surface area contributed by atoms with Crippen molar-refractivity contribution in [1.29, 1.82) is 0 Å². The first-order valence-electron chi connectivity index (χ1n) is 8.28. The van der Waals surface area contributed by atoms with Gasteiger partial charge in [0, 0.05) is 31.4 Å². The molecule has 128 valence electrons. The Balaban J connectivity index is 1.54. The normalized spacial score (nSPS) is 19.1. The van der Waals surface area contributed by atoms with Crippen molar-refractivity contribution in [2.75, 3.05) is 19.7 Å². The molecule has 5 nitrogen and oxygen atoms in total. The van der Waals surface area contributed by atoms with E-state index in [0.717, 1.165) is 19.4 Å². The van der Waals surface area contributed by atoms with Gasteiger partial charge in [-0.25, -0.2) is 9.37 Å². The van der Waals surface area contributed by atoms with Crippen LogP contribution in [0.25, 0.3) is 0 Å². The van der Waals surface area contributed by atoms with Gasteiger partial charge in [-0.05, 0) is 44.0 Å². The van der Waals surface area contributed by atoms with Crippen LogP contribution in [0.15, 0.2) is 43.0 Å². The molecule has 0 unspecified atom stereocenters. The standard InChI is InChI=1S/C18H22FN3O2/c1-14(22-10-8-20-13-22)18(23)21-9-2-3-15(11-21)12-24-17-6-4-16(19)5-7-17/h4-8,10,13-15H,2-3,9,11-12H2,1H3/t14-,15-/m1/s1. The largest absolute Gasteiger partial charge is 0.493 e. The minimum atomic E-state index is -0.273. The van der Waals surface area contributed by atoms with E-state index in [9.17, 15) is 9.18 Å². The molecular weight excluding hydrogens is 309 g/mol. The zero-order chi connectivity index (χ0) is 16.9. The molecular formula is C18H22FN3O2. The van der Waals surface area contributed by atoms with Gasteiger partial charge in [-0.15, -0.1) is 0 Å². The van der Waals surface area contributed by atoms with Crippen molar-refractivity contribution in [1.82, 2.24) is 14.5 Å². The van der Waals surface area contributed by atoms with Crippen LogP contribution >= 0.6 is 0 Å². The minimum Gasteiger partial charge on any atom is -0.493 e. The molecule has 24 heavy (non-hydrogen) atoms. The highest BCUT2D eigenvalue weighted by molar-refractivity contribution is 5.80. The smallest absolute Gasteiger partial charge is 0.245 e. The molecule has 1 saturated heterocycles. The van der Waals surface area contributed by atoms with Gasteiger partial charge in [0.15, 0.2) is 0 Å². The molecule has 1 amide bonds. The van der Waals surface area contributed by atoms with E-state index in [4.69, 9.17) is 4.74 Å². The first kappa shape index (κ1) is 16.5. The summed E-state index contributed by atoms with van der Waals surface area (Å²) in [6.07, 6.45) is 7.16. The zero-order valence-electron chi connectivity index (χ0n) is 13.8. The number of benzene rings is 1. The molecule has 2 aromatic rings. The lowest BCUT2D eigenvalue weighted by molar-refractivity contribution is -0.136. The number of carbonyl (C=O) groups excluding carboxylic acids is 1. The summed E-state index contributed by atoms with van der Waals surface area (Å²) in [6.45, 7) is 3.90. The highest BCUT2D eigenvalue weighted by Crippen LogP contribution is 2.21. The third-order valence-corrected chi connectivity index (χ3v) is 4.46. The Morgan fingerprint density at radius 2 is 2.21 bits per heavy atom. The van der Waals surface area contributed by atoms with Crippen molar-refractivity contribution in [3.63, 3.8) is 0 Å². The molecule has 1 aromatic carbocycles. The Morgan fingerprint density at radius 3 is 2.92 bits per heavy atom. The van der Waals surface area contributed by atoms with Gasteiger partial charge in [0.05, 0.1) is 12.9 Å². The summed E-state index contributed by atoms with van der Waals surface area (Å²) >= 11 is 0. The number of carbonyl (C=O) groups is 1. The maximum absolute atomic E-state index is 12.9. The molecule has 0 saturated carbocycles. The fourth-order valence-electron chi connectivity index (χ4n) is 3.04. The Hall–Kier alpha value is -2.37. The average Bonchev–Trinajstić information content (AvgIpc) is 3.15. The highest BCUT2D eigenvalue weighted by atomic mass is 19.1. The van der Waals surface area contributed by atoms with Gasteiger partial charge in [-0.2, -0.15) is 0 Å². The number of halogens is 1. The molecule has 0 aliphatic carbocycles. The number of rotatable bonds is 5. The highest BCUT2D eigenvalue weighted by Gasteiger charge is 2.27. The van der Waals surface area contributed by atoms with Crippen LogP contribution < -0.4 is 4.74 Å². The van der Waals surface area contributed by atoms with E-state index in [1.54, 1.807) is 24.7 Å². The molecule has 3 rings (SSSR count). The van der Waals surface area contributed by atoms with E-state index in [2.05, 4.69) is 4.98 Å². The second-order valence-corrected chi connectivity index (χ2v) is 6.24. The van der Waals surface area contributed by atoms with Crippen LogP contribution in [-0.2, 0) is 4.79 Å². The third-order valence-electron chi connectivity index (χ3n) is 4.46. The first-order valence-corrected chi connectivity index (χ1v) is 8.28. The van der Waals surface area contributed by atoms with Gasteiger partial charge in [-0.1, -0.05) is 0 Å². The Morgan fingerprint density at radius 1 is 1.42 bits per heavy atom. The summed E-state index contributed by atoms with van der Waals surface area (Å²) in [5, 5.41) is 0. The quantitative estimate of drug-likeness (QED) is 0.846. The lowest BCUT2D eigenvalue weighted by Gasteiger charge is -2.34. The van der Waals surface area contributed by atoms with Crippen LogP contribution in [0.2, 0.25) is 0 Å². The lowest BCUT2D eigenvalue weighted by Crippen LogP contribution is -2.44. The van der Waals surface area contributed by atoms with Gasteiger partial charge >= 0.3 is 0 Å². The predicted octanol–water partition coefficient (Wildman–Crippen LogP) is 2.90. The molecule has 0 spiro atoms. The number of hydrogen-bond acceptors (Lipinski definition) is 3. The van der Waals surface area contributed by atoms with Crippen LogP contribution in [-0.4, -0.2) is 40.1 Å². The second kappa shape index (κ2) is 7.47. The lowest BCUT2D eigenvalue weighted by atomic mass is 9.98. The molecule has 1 aliphatic rings. The third kappa shape index (κ3) is 3.93. The monoisotopic (exact) mass is 331 g/mol. The molecule has 6 heteroatoms. The van der Waals surface area contributed by atoms with E-state index in [0.29, 0.717) is 24.8 Å². The van der Waals surface area contributed by atoms with Gasteiger partial charge in [0.1, 0.15) is 17.6 Å². The Bertz CT molecular complexity index is 657. The van der Waals surface area contributed by atoms with E-state index in [-0.39, 0.29) is 17.8 Å².